The van der Waals surface area contributed by atoms with Crippen LogP contribution in [-0.4, -0.2) is 76.9 Å². The zero-order chi connectivity index (χ0) is 31.1. The van der Waals surface area contributed by atoms with Crippen LogP contribution < -0.4 is 14.2 Å². The lowest BCUT2D eigenvalue weighted by Crippen LogP contribution is -2.48. The minimum Gasteiger partial charge on any atom is -0.496 e. The van der Waals surface area contributed by atoms with Gasteiger partial charge < -0.3 is 28.8 Å². The van der Waals surface area contributed by atoms with Gasteiger partial charge in [-0.25, -0.2) is 9.83 Å². The number of aliphatic hydroxyl groups excluding tert-OH is 1. The van der Waals surface area contributed by atoms with E-state index in [1.54, 1.807) is 37.4 Å². The van der Waals surface area contributed by atoms with Crippen LogP contribution in [0.5, 0.6) is 23.0 Å². The van der Waals surface area contributed by atoms with Gasteiger partial charge in [-0.15, -0.1) is 0 Å². The van der Waals surface area contributed by atoms with E-state index in [9.17, 15) is 4.79 Å². The highest BCUT2D eigenvalue weighted by Crippen LogP contribution is 2.34. The SMILES string of the molecule is [C-]#[N+]c1ccc(Cn2c(CN3CCN(C(=O)c4ccc(C)cc4OC)CC3)cnc2C)cc1Oc1cccc(OCCO)c1. The van der Waals surface area contributed by atoms with Crippen molar-refractivity contribution in [1.82, 2.24) is 19.4 Å². The number of aliphatic hydroxyl groups is 1. The van der Waals surface area contributed by atoms with E-state index >= 15 is 0 Å². The maximum Gasteiger partial charge on any atom is 0.257 e. The number of hydrogen-bond acceptors (Lipinski definition) is 7. The molecule has 5 rings (SSSR count). The second-order valence-corrected chi connectivity index (χ2v) is 10.7. The standard InChI is InChI=1S/C34H37N5O5/c1-24-8-10-30(32(18-24)42-4)34(41)38-14-12-37(13-15-38)23-27-21-36-25(2)39(27)22-26-9-11-31(35-3)33(19-26)44-29-7-5-6-28(20-29)43-17-16-40/h5-11,18-21,40H,12-17,22-23H2,1-2,4H3. The van der Waals surface area contributed by atoms with Crippen molar-refractivity contribution in [2.45, 2.75) is 26.9 Å². The minimum atomic E-state index is -0.0792. The predicted octanol–water partition coefficient (Wildman–Crippen LogP) is 5.23. The summed E-state index contributed by atoms with van der Waals surface area (Å²) >= 11 is 0. The van der Waals surface area contributed by atoms with Gasteiger partial charge in [-0.1, -0.05) is 24.3 Å². The van der Waals surface area contributed by atoms with Crippen LogP contribution in [0.25, 0.3) is 4.85 Å². The summed E-state index contributed by atoms with van der Waals surface area (Å²) in [6.45, 7) is 15.7. The second kappa shape index (κ2) is 14.1. The molecule has 4 aromatic rings. The van der Waals surface area contributed by atoms with Crippen molar-refractivity contribution in [2.24, 2.45) is 0 Å². The molecule has 44 heavy (non-hydrogen) atoms. The zero-order valence-electron chi connectivity index (χ0n) is 25.3. The minimum absolute atomic E-state index is 0.00678. The number of imidazole rings is 1. The number of rotatable bonds is 11. The van der Waals surface area contributed by atoms with Crippen LogP contribution in [0.3, 0.4) is 0 Å². The molecule has 10 nitrogen and oxygen atoms in total. The molecular weight excluding hydrogens is 558 g/mol. The number of amides is 1. The Morgan fingerprint density at radius 2 is 1.77 bits per heavy atom. The normalized spacial score (nSPS) is 13.4. The number of aryl methyl sites for hydroxylation is 2. The Kier molecular flexibility index (Phi) is 9.79. The van der Waals surface area contributed by atoms with Gasteiger partial charge in [0.05, 0.1) is 31.5 Å². The molecule has 228 valence electrons. The number of ether oxygens (including phenoxy) is 3. The quantitative estimate of drug-likeness (QED) is 0.238. The summed E-state index contributed by atoms with van der Waals surface area (Å²) in [5, 5.41) is 9.04. The Bertz CT molecular complexity index is 1650. The number of carbonyl (C=O) groups excluding carboxylic acids is 1. The van der Waals surface area contributed by atoms with Gasteiger partial charge in [0.25, 0.3) is 5.91 Å². The summed E-state index contributed by atoms with van der Waals surface area (Å²) in [4.78, 5) is 25.7. The highest BCUT2D eigenvalue weighted by Gasteiger charge is 2.25. The average molecular weight is 596 g/mol. The van der Waals surface area contributed by atoms with E-state index in [4.69, 9.17) is 25.9 Å². The lowest BCUT2D eigenvalue weighted by molar-refractivity contribution is 0.0622. The maximum atomic E-state index is 13.2. The highest BCUT2D eigenvalue weighted by atomic mass is 16.5. The first-order valence-corrected chi connectivity index (χ1v) is 14.6. The van der Waals surface area contributed by atoms with Gasteiger partial charge in [-0.3, -0.25) is 9.69 Å². The summed E-state index contributed by atoms with van der Waals surface area (Å²) in [6, 6.07) is 18.4. The number of methoxy groups -OCH3 is 1. The molecule has 0 bridgehead atoms. The number of nitrogens with zero attached hydrogens (tertiary/aromatic N) is 5. The second-order valence-electron chi connectivity index (χ2n) is 10.7. The summed E-state index contributed by atoms with van der Waals surface area (Å²) in [5.41, 5.74) is 4.11. The zero-order valence-corrected chi connectivity index (χ0v) is 25.3. The van der Waals surface area contributed by atoms with E-state index in [0.717, 1.165) is 35.7 Å². The molecule has 1 aliphatic heterocycles. The number of carbonyl (C=O) groups is 1. The van der Waals surface area contributed by atoms with E-state index in [2.05, 4.69) is 19.3 Å². The van der Waals surface area contributed by atoms with Gasteiger partial charge in [-0.2, -0.15) is 0 Å². The number of piperazine rings is 1. The molecule has 0 atom stereocenters. The molecule has 1 fully saturated rings. The smallest absolute Gasteiger partial charge is 0.257 e. The molecule has 1 saturated heterocycles. The molecule has 0 aliphatic carbocycles. The van der Waals surface area contributed by atoms with Crippen molar-refractivity contribution in [2.75, 3.05) is 46.5 Å². The molecule has 1 N–H and O–H groups in total. The van der Waals surface area contributed by atoms with Crippen LogP contribution in [-0.2, 0) is 13.1 Å². The molecule has 1 aromatic heterocycles. The fourth-order valence-electron chi connectivity index (χ4n) is 5.27. The third kappa shape index (κ3) is 7.19. The third-order valence-electron chi connectivity index (χ3n) is 7.65. The lowest BCUT2D eigenvalue weighted by Gasteiger charge is -2.35. The summed E-state index contributed by atoms with van der Waals surface area (Å²) in [7, 11) is 1.59. The molecule has 0 spiro atoms. The van der Waals surface area contributed by atoms with Crippen LogP contribution in [0.4, 0.5) is 5.69 Å². The van der Waals surface area contributed by atoms with Gasteiger partial charge in [-0.05, 0) is 55.3 Å². The molecule has 3 aromatic carbocycles. The van der Waals surface area contributed by atoms with Gasteiger partial charge in [0.2, 0.25) is 5.69 Å². The first-order chi connectivity index (χ1) is 21.4. The topological polar surface area (TPSA) is 93.7 Å². The number of hydrogen-bond donors (Lipinski definition) is 1. The molecule has 1 amide bonds. The van der Waals surface area contributed by atoms with Crippen molar-refractivity contribution in [3.05, 3.63) is 106 Å². The number of aromatic nitrogens is 2. The van der Waals surface area contributed by atoms with Crippen LogP contribution >= 0.6 is 0 Å². The van der Waals surface area contributed by atoms with E-state index in [1.807, 2.05) is 55.3 Å². The summed E-state index contributed by atoms with van der Waals surface area (Å²) in [6.07, 6.45) is 1.91. The molecule has 0 saturated carbocycles. The predicted molar refractivity (Wildman–Crippen MR) is 167 cm³/mol. The van der Waals surface area contributed by atoms with Gasteiger partial charge in [0.15, 0.2) is 0 Å². The van der Waals surface area contributed by atoms with E-state index in [-0.39, 0.29) is 19.1 Å². The Balaban J connectivity index is 1.25. The monoisotopic (exact) mass is 595 g/mol. The van der Waals surface area contributed by atoms with E-state index in [0.29, 0.717) is 60.4 Å². The van der Waals surface area contributed by atoms with E-state index in [1.165, 1.54) is 0 Å². The van der Waals surface area contributed by atoms with E-state index < -0.39 is 0 Å². The lowest BCUT2D eigenvalue weighted by atomic mass is 10.1. The van der Waals surface area contributed by atoms with Gasteiger partial charge in [0.1, 0.15) is 35.4 Å². The number of benzene rings is 3. The van der Waals surface area contributed by atoms with Crippen molar-refractivity contribution < 1.29 is 24.1 Å². The third-order valence-corrected chi connectivity index (χ3v) is 7.65. The Morgan fingerprint density at radius 1 is 0.977 bits per heavy atom. The van der Waals surface area contributed by atoms with Crippen molar-refractivity contribution in [3.8, 4) is 23.0 Å². The first-order valence-electron chi connectivity index (χ1n) is 14.6. The first kappa shape index (κ1) is 30.6. The van der Waals surface area contributed by atoms with Crippen LogP contribution in [0.2, 0.25) is 0 Å². The van der Waals surface area contributed by atoms with Crippen molar-refractivity contribution in [3.63, 3.8) is 0 Å². The average Bonchev–Trinajstić information content (AvgIpc) is 3.38. The van der Waals surface area contributed by atoms with Crippen molar-refractivity contribution in [1.29, 1.82) is 0 Å². The maximum absolute atomic E-state index is 13.2. The largest absolute Gasteiger partial charge is 0.496 e. The molecule has 0 unspecified atom stereocenters. The molecule has 2 heterocycles. The molecule has 0 radical (unpaired) electrons. The van der Waals surface area contributed by atoms with Crippen LogP contribution in [0.1, 0.15) is 33.0 Å². The van der Waals surface area contributed by atoms with Crippen LogP contribution in [0.15, 0.2) is 66.9 Å². The van der Waals surface area contributed by atoms with Crippen molar-refractivity contribution >= 4 is 11.6 Å². The van der Waals surface area contributed by atoms with Gasteiger partial charge in [0, 0.05) is 51.5 Å². The molecule has 1 aliphatic rings. The molecule has 10 heteroatoms. The Hall–Kier alpha value is -4.85. The molecular formula is C34H37N5O5. The summed E-state index contributed by atoms with van der Waals surface area (Å²) < 4.78 is 19.3. The highest BCUT2D eigenvalue weighted by molar-refractivity contribution is 5.97. The fraction of sp³-hybridized carbons (Fsp3) is 0.324. The van der Waals surface area contributed by atoms with Gasteiger partial charge >= 0.3 is 0 Å². The summed E-state index contributed by atoms with van der Waals surface area (Å²) in [5.74, 6) is 3.08. The Labute approximate surface area is 257 Å². The fourth-order valence-corrected chi connectivity index (χ4v) is 5.27. The Morgan fingerprint density at radius 3 is 2.52 bits per heavy atom. The van der Waals surface area contributed by atoms with Crippen LogP contribution in [0, 0.1) is 20.4 Å².